The van der Waals surface area contributed by atoms with Crippen LogP contribution in [-0.2, 0) is 28.8 Å². The van der Waals surface area contributed by atoms with Crippen molar-refractivity contribution in [2.75, 3.05) is 91.8 Å². The lowest BCUT2D eigenvalue weighted by molar-refractivity contribution is -0.144. The maximum absolute atomic E-state index is 10.6. The average Bonchev–Trinajstić information content (AvgIpc) is 2.74. The van der Waals surface area contributed by atoms with Crippen molar-refractivity contribution in [3.05, 3.63) is 0 Å². The minimum atomic E-state index is -1.16. The van der Waals surface area contributed by atoms with Crippen LogP contribution in [0.3, 0.4) is 0 Å². The Morgan fingerprint density at radius 1 is 0.342 bits per heavy atom. The Bertz CT molecular complexity index is 672. The molecule has 0 aromatic rings. The molecule has 0 rings (SSSR count). The van der Waals surface area contributed by atoms with Gasteiger partial charge in [-0.05, 0) is 0 Å². The van der Waals surface area contributed by atoms with Crippen LogP contribution in [-0.4, -0.2) is 188 Å². The van der Waals surface area contributed by atoms with E-state index < -0.39 is 62.0 Å². The van der Waals surface area contributed by atoms with E-state index in [-0.39, 0.29) is 65.6 Å². The lowest BCUT2D eigenvalue weighted by Crippen LogP contribution is -2.42. The second-order valence-electron chi connectivity index (χ2n) is 7.78. The van der Waals surface area contributed by atoms with Crippen molar-refractivity contribution in [2.24, 2.45) is 0 Å². The number of hydrogen-bond acceptors (Lipinski definition) is 12. The smallest absolute Gasteiger partial charge is 0.317 e. The number of nitrogens with zero attached hydrogens (tertiary/aromatic N) is 4. The summed E-state index contributed by atoms with van der Waals surface area (Å²) in [4.78, 5) is 68.5. The minimum absolute atomic E-state index is 0.0892. The molecular formula is C20H36N4O14. The van der Waals surface area contributed by atoms with E-state index in [1.54, 1.807) is 0 Å². The number of aliphatic carboxylic acids is 6. The highest BCUT2D eigenvalue weighted by molar-refractivity contribution is 5.73. The van der Waals surface area contributed by atoms with Crippen LogP contribution in [0.2, 0.25) is 0 Å². The number of carbonyl (C=O) groups is 6. The molecule has 0 radical (unpaired) electrons. The van der Waals surface area contributed by atoms with Crippen LogP contribution in [0.25, 0.3) is 0 Å². The van der Waals surface area contributed by atoms with Crippen LogP contribution >= 0.6 is 0 Å². The third kappa shape index (κ3) is 24.3. The zero-order valence-corrected chi connectivity index (χ0v) is 20.7. The minimum Gasteiger partial charge on any atom is -0.480 e. The molecule has 18 heteroatoms. The highest BCUT2D eigenvalue weighted by atomic mass is 16.4. The van der Waals surface area contributed by atoms with Crippen molar-refractivity contribution in [3.63, 3.8) is 0 Å². The predicted octanol–water partition coefficient (Wildman–Crippen LogP) is -4.33. The van der Waals surface area contributed by atoms with Gasteiger partial charge in [0, 0.05) is 39.3 Å². The fourth-order valence-corrected chi connectivity index (χ4v) is 2.96. The highest BCUT2D eigenvalue weighted by Crippen LogP contribution is 1.95. The first-order chi connectivity index (χ1) is 17.7. The molecule has 220 valence electrons. The highest BCUT2D eigenvalue weighted by Gasteiger charge is 2.17. The van der Waals surface area contributed by atoms with Gasteiger partial charge in [-0.15, -0.1) is 0 Å². The van der Waals surface area contributed by atoms with Crippen LogP contribution in [0.15, 0.2) is 0 Å². The molecule has 0 saturated heterocycles. The van der Waals surface area contributed by atoms with Gasteiger partial charge in [0.1, 0.15) is 0 Å². The molecule has 38 heavy (non-hydrogen) atoms. The van der Waals surface area contributed by atoms with E-state index in [0.717, 1.165) is 0 Å². The summed E-state index contributed by atoms with van der Waals surface area (Å²) in [5, 5.41) is 69.3. The first kappa shape index (κ1) is 36.7. The van der Waals surface area contributed by atoms with Gasteiger partial charge in [-0.25, -0.2) is 0 Å². The third-order valence-corrected chi connectivity index (χ3v) is 4.45. The van der Waals surface area contributed by atoms with E-state index >= 15 is 0 Å². The van der Waals surface area contributed by atoms with E-state index in [0.29, 0.717) is 0 Å². The summed E-state index contributed by atoms with van der Waals surface area (Å²) in [5.74, 6) is -6.78. The summed E-state index contributed by atoms with van der Waals surface area (Å²) in [5.41, 5.74) is 0. The normalized spacial score (nSPS) is 10.9. The molecule has 0 aliphatic heterocycles. The summed E-state index contributed by atoms with van der Waals surface area (Å²) in [6, 6.07) is 0. The number of aliphatic hydroxyl groups excluding tert-OH is 2. The first-order valence-corrected chi connectivity index (χ1v) is 11.1. The molecule has 0 saturated carbocycles. The largest absolute Gasteiger partial charge is 0.480 e. The Morgan fingerprint density at radius 2 is 0.526 bits per heavy atom. The molecule has 0 spiro atoms. The Kier molecular flexibility index (Phi) is 20.9. The predicted molar refractivity (Wildman–Crippen MR) is 126 cm³/mol. The van der Waals surface area contributed by atoms with Gasteiger partial charge in [-0.2, -0.15) is 0 Å². The van der Waals surface area contributed by atoms with Crippen molar-refractivity contribution in [1.29, 1.82) is 0 Å². The van der Waals surface area contributed by atoms with Crippen LogP contribution < -0.4 is 0 Å². The number of carboxylic acids is 6. The zero-order chi connectivity index (χ0) is 29.7. The van der Waals surface area contributed by atoms with Crippen molar-refractivity contribution >= 4 is 35.8 Å². The first-order valence-electron chi connectivity index (χ1n) is 11.1. The maximum Gasteiger partial charge on any atom is 0.317 e. The summed E-state index contributed by atoms with van der Waals surface area (Å²) in [6.07, 6.45) is 0. The molecule has 0 unspecified atom stereocenters. The fourth-order valence-electron chi connectivity index (χ4n) is 2.96. The Morgan fingerprint density at radius 3 is 0.711 bits per heavy atom. The Labute approximate surface area is 217 Å². The lowest BCUT2D eigenvalue weighted by atomic mass is 10.4. The molecular weight excluding hydrogens is 520 g/mol. The molecule has 0 heterocycles. The second kappa shape index (κ2) is 21.6. The maximum atomic E-state index is 10.6. The SMILES string of the molecule is O=C(O)CN(CCO)CCN(CC(=O)O)CC(=O)O.O=C(O)CN(CCO)CCN(CC(=O)O)CC(=O)O. The van der Waals surface area contributed by atoms with Crippen LogP contribution in [0.4, 0.5) is 0 Å². The van der Waals surface area contributed by atoms with Gasteiger partial charge in [-0.1, -0.05) is 0 Å². The van der Waals surface area contributed by atoms with Crippen LogP contribution in [0, 0.1) is 0 Å². The van der Waals surface area contributed by atoms with Crippen molar-refractivity contribution in [2.45, 2.75) is 0 Å². The number of hydrogen-bond donors (Lipinski definition) is 8. The fraction of sp³-hybridized carbons (Fsp3) is 0.700. The van der Waals surface area contributed by atoms with Gasteiger partial charge in [0.2, 0.25) is 0 Å². The van der Waals surface area contributed by atoms with Gasteiger partial charge < -0.3 is 40.9 Å². The molecule has 8 N–H and O–H groups in total. The summed E-state index contributed by atoms with van der Waals surface area (Å²) in [7, 11) is 0. The molecule has 0 fully saturated rings. The molecule has 18 nitrogen and oxygen atoms in total. The molecule has 0 amide bonds. The molecule has 0 aliphatic carbocycles. The quantitative estimate of drug-likeness (QED) is 0.0625. The molecule has 0 atom stereocenters. The van der Waals surface area contributed by atoms with Crippen molar-refractivity contribution in [1.82, 2.24) is 19.6 Å². The topological polar surface area (TPSA) is 277 Å². The van der Waals surface area contributed by atoms with Crippen LogP contribution in [0.1, 0.15) is 0 Å². The van der Waals surface area contributed by atoms with Gasteiger partial charge in [0.15, 0.2) is 0 Å². The third-order valence-electron chi connectivity index (χ3n) is 4.45. The molecule has 0 aromatic carbocycles. The van der Waals surface area contributed by atoms with E-state index in [1.807, 2.05) is 0 Å². The summed E-state index contributed by atoms with van der Waals surface area (Å²) >= 11 is 0. The van der Waals surface area contributed by atoms with E-state index in [4.69, 9.17) is 40.9 Å². The van der Waals surface area contributed by atoms with Crippen LogP contribution in [0.5, 0.6) is 0 Å². The monoisotopic (exact) mass is 556 g/mol. The molecule has 0 bridgehead atoms. The summed E-state index contributed by atoms with van der Waals surface area (Å²) < 4.78 is 0. The molecule has 0 aromatic heterocycles. The van der Waals surface area contributed by atoms with Crippen molar-refractivity contribution < 1.29 is 69.6 Å². The van der Waals surface area contributed by atoms with Gasteiger partial charge >= 0.3 is 35.8 Å². The van der Waals surface area contributed by atoms with E-state index in [2.05, 4.69) is 0 Å². The molecule has 0 aliphatic rings. The van der Waals surface area contributed by atoms with Gasteiger partial charge in [-0.3, -0.25) is 48.4 Å². The van der Waals surface area contributed by atoms with Crippen molar-refractivity contribution in [3.8, 4) is 0 Å². The number of carboxylic acid groups (broad SMARTS) is 6. The van der Waals surface area contributed by atoms with Gasteiger partial charge in [0.25, 0.3) is 0 Å². The van der Waals surface area contributed by atoms with E-state index in [9.17, 15) is 28.8 Å². The Hall–Kier alpha value is -3.42. The standard InChI is InChI=1S/2C10H18N2O7/c2*13-4-3-11(5-8(14)15)1-2-12(6-9(16)17)7-10(18)19/h2*13H,1-7H2,(H,14,15)(H,16,17)(H,18,19). The zero-order valence-electron chi connectivity index (χ0n) is 20.7. The number of rotatable bonds is 22. The van der Waals surface area contributed by atoms with E-state index in [1.165, 1.54) is 19.6 Å². The lowest BCUT2D eigenvalue weighted by Gasteiger charge is -2.24. The number of aliphatic hydroxyl groups is 2. The summed E-state index contributed by atoms with van der Waals surface area (Å²) in [6.45, 7) is -2.06. The van der Waals surface area contributed by atoms with Gasteiger partial charge in [0.05, 0.1) is 52.5 Å². The Balaban J connectivity index is 0. The average molecular weight is 557 g/mol. The second-order valence-corrected chi connectivity index (χ2v) is 7.78.